The summed E-state index contributed by atoms with van der Waals surface area (Å²) in [5, 5.41) is 80.0. The molecule has 2 rings (SSSR count). The Labute approximate surface area is 272 Å². The first-order valence-electron chi connectivity index (χ1n) is 14.5. The third-order valence-electron chi connectivity index (χ3n) is 7.39. The molecule has 0 spiro atoms. The smallest absolute Gasteiger partial charge is 0.335 e. The van der Waals surface area contributed by atoms with E-state index >= 15 is 0 Å². The molecule has 2 fully saturated rings. The highest BCUT2D eigenvalue weighted by molar-refractivity contribution is 5.77. The molecule has 0 aromatic rings. The predicted octanol–water partition coefficient (Wildman–Crippen LogP) is -7.21. The molecule has 0 radical (unpaired) electrons. The summed E-state index contributed by atoms with van der Waals surface area (Å²) in [6.45, 7) is 2.16. The van der Waals surface area contributed by atoms with Gasteiger partial charge >= 0.3 is 11.9 Å². The second-order valence-electron chi connectivity index (χ2n) is 11.2. The van der Waals surface area contributed by atoms with Gasteiger partial charge in [0.25, 0.3) is 0 Å². The lowest BCUT2D eigenvalue weighted by atomic mass is 9.91. The summed E-state index contributed by atoms with van der Waals surface area (Å²) in [6.07, 6.45) is -17.8. The average Bonchev–Trinajstić information content (AvgIpc) is 2.98. The molecule has 274 valence electrons. The molecule has 2 aliphatic rings. The molecule has 48 heavy (non-hydrogen) atoms. The van der Waals surface area contributed by atoms with Gasteiger partial charge in [0.15, 0.2) is 24.8 Å². The maximum atomic E-state index is 12.6. The van der Waals surface area contributed by atoms with Crippen molar-refractivity contribution in [1.29, 1.82) is 0 Å². The quantitative estimate of drug-likeness (QED) is 0.0756. The van der Waals surface area contributed by atoms with Crippen LogP contribution in [0.25, 0.3) is 0 Å². The van der Waals surface area contributed by atoms with Crippen molar-refractivity contribution in [3.8, 4) is 0 Å². The number of nitrogens with two attached hydrogens (primary N) is 1. The van der Waals surface area contributed by atoms with Gasteiger partial charge in [0.2, 0.25) is 23.6 Å². The lowest BCUT2D eigenvalue weighted by molar-refractivity contribution is -0.312. The topological polar surface area (TPSA) is 355 Å². The summed E-state index contributed by atoms with van der Waals surface area (Å²) in [5.74, 6) is -6.60. The van der Waals surface area contributed by atoms with Crippen LogP contribution in [-0.2, 0) is 47.7 Å². The fraction of sp³-hybridized carbons (Fsp3) is 0.769. The molecule has 4 amide bonds. The minimum absolute atomic E-state index is 0.737. The summed E-state index contributed by atoms with van der Waals surface area (Å²) in [5.41, 5.74) is 6.02. The van der Waals surface area contributed by atoms with Gasteiger partial charge in [-0.25, -0.2) is 9.59 Å². The largest absolute Gasteiger partial charge is 0.479 e. The van der Waals surface area contributed by atoms with Crippen LogP contribution in [0.15, 0.2) is 0 Å². The van der Waals surface area contributed by atoms with E-state index in [1.165, 1.54) is 0 Å². The monoisotopic (exact) mass is 697 g/mol. The van der Waals surface area contributed by atoms with E-state index in [2.05, 4.69) is 21.3 Å². The molecular formula is C26H43N5O17. The van der Waals surface area contributed by atoms with Crippen LogP contribution >= 0.6 is 0 Å². The van der Waals surface area contributed by atoms with E-state index in [4.69, 9.17) is 24.7 Å². The second-order valence-corrected chi connectivity index (χ2v) is 11.2. The molecule has 14 atom stereocenters. The van der Waals surface area contributed by atoms with Gasteiger partial charge in [-0.3, -0.25) is 19.2 Å². The van der Waals surface area contributed by atoms with Crippen LogP contribution < -0.4 is 27.0 Å². The van der Waals surface area contributed by atoms with E-state index in [0.717, 1.165) is 27.7 Å². The maximum Gasteiger partial charge on any atom is 0.335 e. The normalized spacial score (nSPS) is 32.9. The fourth-order valence-electron chi connectivity index (χ4n) is 5.31. The lowest BCUT2D eigenvalue weighted by Gasteiger charge is -2.49. The molecule has 0 aliphatic carbocycles. The van der Waals surface area contributed by atoms with E-state index in [1.54, 1.807) is 0 Å². The molecule has 2 heterocycles. The van der Waals surface area contributed by atoms with Gasteiger partial charge < -0.3 is 81.7 Å². The number of aliphatic hydroxyl groups excluding tert-OH is 5. The van der Waals surface area contributed by atoms with Gasteiger partial charge in [-0.2, -0.15) is 0 Å². The number of carbonyl (C=O) groups is 6. The van der Waals surface area contributed by atoms with Gasteiger partial charge in [-0.05, 0) is 0 Å². The molecule has 0 saturated carbocycles. The van der Waals surface area contributed by atoms with E-state index in [9.17, 15) is 64.5 Å². The number of amides is 4. The van der Waals surface area contributed by atoms with Crippen LogP contribution in [0.4, 0.5) is 0 Å². The number of ether oxygens (including phenoxy) is 4. The Balaban J connectivity index is 2.69. The Morgan fingerprint density at radius 3 is 1.71 bits per heavy atom. The Bertz CT molecular complexity index is 1180. The molecule has 0 aromatic carbocycles. The highest BCUT2D eigenvalue weighted by atomic mass is 16.7. The van der Waals surface area contributed by atoms with Crippen LogP contribution in [0.2, 0.25) is 0 Å². The van der Waals surface area contributed by atoms with E-state index in [0.29, 0.717) is 0 Å². The number of rotatable bonds is 15. The summed E-state index contributed by atoms with van der Waals surface area (Å²) >= 11 is 0. The van der Waals surface area contributed by atoms with Crippen LogP contribution in [0.3, 0.4) is 0 Å². The minimum Gasteiger partial charge on any atom is -0.479 e. The molecule has 2 saturated heterocycles. The second kappa shape index (κ2) is 17.7. The van der Waals surface area contributed by atoms with Crippen molar-refractivity contribution in [3.05, 3.63) is 0 Å². The highest BCUT2D eigenvalue weighted by Crippen LogP contribution is 2.31. The van der Waals surface area contributed by atoms with Crippen LogP contribution in [0, 0.1) is 0 Å². The first-order valence-corrected chi connectivity index (χ1v) is 14.5. The third kappa shape index (κ3) is 10.2. The summed E-state index contributed by atoms with van der Waals surface area (Å²) in [4.78, 5) is 73.1. The first kappa shape index (κ1) is 40.6. The molecule has 0 bridgehead atoms. The zero-order chi connectivity index (χ0) is 36.6. The number of aliphatic carboxylic acids is 2. The average molecular weight is 698 g/mol. The number of hydrogen-bond acceptors (Lipinski definition) is 16. The summed E-state index contributed by atoms with van der Waals surface area (Å²) < 4.78 is 22.7. The van der Waals surface area contributed by atoms with Crippen molar-refractivity contribution in [1.82, 2.24) is 21.3 Å². The molecule has 22 nitrogen and oxygen atoms in total. The van der Waals surface area contributed by atoms with Crippen molar-refractivity contribution in [2.75, 3.05) is 13.2 Å². The fourth-order valence-corrected chi connectivity index (χ4v) is 5.31. The van der Waals surface area contributed by atoms with Gasteiger partial charge in [-0.1, -0.05) is 0 Å². The van der Waals surface area contributed by atoms with Crippen molar-refractivity contribution in [3.63, 3.8) is 0 Å². The number of carboxylic acid groups (broad SMARTS) is 2. The standard InChI is InChI=1S/C26H43N5O17/c1-7(34)28-11(5-32)19(17(39)12(38)6-33)45-26-16(31-10(4)37)15(30-9(3)36)20(22(48-26)24(43)44)46-25-14(29-8(2)35)13(27)18(40)21(47-25)23(41)42/h11-22,25-26,32-33,38-40H,5-6,27H2,1-4H3,(H,28,34)(H,29,35)(H,30,36)(H,31,37)(H,41,42)(H,43,44)/t11-,12+,13+,14-,15+,16-,17-,18-,19+,20-,21+,22-,25+,26+/m0/s1. The Hall–Kier alpha value is -3.58. The third-order valence-corrected chi connectivity index (χ3v) is 7.39. The molecule has 22 heteroatoms. The molecule has 13 N–H and O–H groups in total. The molecular weight excluding hydrogens is 654 g/mol. The van der Waals surface area contributed by atoms with Crippen LogP contribution in [-0.4, -0.2) is 170 Å². The number of aliphatic hydroxyl groups is 5. The van der Waals surface area contributed by atoms with Crippen molar-refractivity contribution in [2.45, 2.75) is 113 Å². The Morgan fingerprint density at radius 2 is 1.25 bits per heavy atom. The van der Waals surface area contributed by atoms with E-state index in [1.807, 2.05) is 0 Å². The molecule has 0 unspecified atom stereocenters. The number of carboxylic acids is 2. The minimum atomic E-state index is -2.20. The SMILES string of the molecule is CC(=O)N[C@@H]1[C@H](O[C@H]2[C@H](NC(C)=O)[C@H](NC(C)=O)[C@H](O[C@@H]([C@@H](O)[C@H](O)CO)[C@H](CO)NC(C)=O)O[C@@H]2C(=O)O)O[C@@H](C(=O)O)[C@@H](O)[C@@H]1N. The lowest BCUT2D eigenvalue weighted by Crippen LogP contribution is -2.74. The van der Waals surface area contributed by atoms with Gasteiger partial charge in [-0.15, -0.1) is 0 Å². The van der Waals surface area contributed by atoms with Crippen molar-refractivity contribution >= 4 is 35.6 Å². The maximum absolute atomic E-state index is 12.6. The van der Waals surface area contributed by atoms with Crippen molar-refractivity contribution in [2.24, 2.45) is 5.73 Å². The summed E-state index contributed by atoms with van der Waals surface area (Å²) in [7, 11) is 0. The predicted molar refractivity (Wildman–Crippen MR) is 153 cm³/mol. The Morgan fingerprint density at radius 1 is 0.750 bits per heavy atom. The zero-order valence-corrected chi connectivity index (χ0v) is 26.3. The zero-order valence-electron chi connectivity index (χ0n) is 26.3. The van der Waals surface area contributed by atoms with Crippen LogP contribution in [0.5, 0.6) is 0 Å². The van der Waals surface area contributed by atoms with Gasteiger partial charge in [0.05, 0.1) is 37.4 Å². The highest BCUT2D eigenvalue weighted by Gasteiger charge is 2.56. The van der Waals surface area contributed by atoms with E-state index in [-0.39, 0.29) is 0 Å². The van der Waals surface area contributed by atoms with Crippen molar-refractivity contribution < 1.29 is 83.5 Å². The number of nitrogens with one attached hydrogen (secondary N) is 4. The molecule has 2 aliphatic heterocycles. The first-order chi connectivity index (χ1) is 22.3. The van der Waals surface area contributed by atoms with Gasteiger partial charge in [0.1, 0.15) is 36.6 Å². The number of hydrogen-bond donors (Lipinski definition) is 12. The van der Waals surface area contributed by atoms with Gasteiger partial charge in [0, 0.05) is 27.7 Å². The summed E-state index contributed by atoms with van der Waals surface area (Å²) in [6, 6.07) is -7.90. The van der Waals surface area contributed by atoms with E-state index < -0.39 is 134 Å². The molecule has 0 aromatic heterocycles. The van der Waals surface area contributed by atoms with Crippen LogP contribution in [0.1, 0.15) is 27.7 Å². The Kier molecular flexibility index (Phi) is 15.0. The number of carbonyl (C=O) groups excluding carboxylic acids is 4.